The first-order valence-electron chi connectivity index (χ1n) is 10.2. The van der Waals surface area contributed by atoms with Crippen LogP contribution in [0.2, 0.25) is 0 Å². The number of likely N-dealkylation sites (tertiary alicyclic amines) is 2. The monoisotopic (exact) mass is 382 g/mol. The molecule has 0 aliphatic carbocycles. The molecule has 0 spiro atoms. The zero-order chi connectivity index (χ0) is 19.3. The summed E-state index contributed by atoms with van der Waals surface area (Å²) in [7, 11) is 0. The smallest absolute Gasteiger partial charge is 0.225 e. The summed E-state index contributed by atoms with van der Waals surface area (Å²) in [6, 6.07) is 14.4. The molecular formula is C22H28N3O3+. The molecule has 4 rings (SSSR count). The first kappa shape index (κ1) is 18.7. The number of furan rings is 1. The van der Waals surface area contributed by atoms with E-state index in [4.69, 9.17) is 4.42 Å². The van der Waals surface area contributed by atoms with Gasteiger partial charge in [0.1, 0.15) is 12.3 Å². The first-order chi connectivity index (χ1) is 13.7. The van der Waals surface area contributed by atoms with Gasteiger partial charge < -0.3 is 19.5 Å². The van der Waals surface area contributed by atoms with Crippen LogP contribution < -0.4 is 10.2 Å². The fourth-order valence-electron chi connectivity index (χ4n) is 4.24. The largest absolute Gasteiger partial charge is 0.467 e. The Hall–Kier alpha value is -2.60. The third-order valence-electron chi connectivity index (χ3n) is 5.85. The number of carbonyl (C=O) groups excluding carboxylic acids is 2. The third kappa shape index (κ3) is 4.62. The van der Waals surface area contributed by atoms with Crippen molar-refractivity contribution in [1.29, 1.82) is 0 Å². The summed E-state index contributed by atoms with van der Waals surface area (Å²) >= 11 is 0. The zero-order valence-corrected chi connectivity index (χ0v) is 16.1. The maximum Gasteiger partial charge on any atom is 0.225 e. The van der Waals surface area contributed by atoms with Gasteiger partial charge in [-0.3, -0.25) is 9.59 Å². The molecule has 0 saturated carbocycles. The summed E-state index contributed by atoms with van der Waals surface area (Å²) in [5, 5.41) is 3.19. The van der Waals surface area contributed by atoms with Crippen molar-refractivity contribution in [3.8, 4) is 0 Å². The second-order valence-corrected chi connectivity index (χ2v) is 7.95. The lowest BCUT2D eigenvalue weighted by molar-refractivity contribution is -0.918. The van der Waals surface area contributed by atoms with Crippen LogP contribution in [0.3, 0.4) is 0 Å². The van der Waals surface area contributed by atoms with E-state index < -0.39 is 0 Å². The van der Waals surface area contributed by atoms with Crippen molar-refractivity contribution in [3.05, 3.63) is 60.1 Å². The van der Waals surface area contributed by atoms with E-state index in [0.717, 1.165) is 38.2 Å². The van der Waals surface area contributed by atoms with E-state index in [0.29, 0.717) is 19.5 Å². The van der Waals surface area contributed by atoms with E-state index in [1.165, 1.54) is 5.56 Å². The number of rotatable bonds is 6. The number of quaternary nitrogens is 1. The molecule has 2 aliphatic heterocycles. The predicted octanol–water partition coefficient (Wildman–Crippen LogP) is 0.992. The molecule has 0 radical (unpaired) electrons. The van der Waals surface area contributed by atoms with Crippen LogP contribution in [0.25, 0.3) is 0 Å². The molecule has 28 heavy (non-hydrogen) atoms. The maximum absolute atomic E-state index is 12.7. The second kappa shape index (κ2) is 8.61. The summed E-state index contributed by atoms with van der Waals surface area (Å²) in [6.07, 6.45) is 3.88. The average Bonchev–Trinajstić information content (AvgIpc) is 3.35. The molecule has 2 amide bonds. The number of nitrogens with zero attached hydrogens (tertiary/aromatic N) is 1. The van der Waals surface area contributed by atoms with Gasteiger partial charge in [0.2, 0.25) is 11.8 Å². The minimum Gasteiger partial charge on any atom is -0.467 e. The van der Waals surface area contributed by atoms with Crippen molar-refractivity contribution in [2.24, 2.45) is 5.92 Å². The minimum absolute atomic E-state index is 0.0202. The fourth-order valence-corrected chi connectivity index (χ4v) is 4.24. The Morgan fingerprint density at radius 1 is 1.14 bits per heavy atom. The Morgan fingerprint density at radius 3 is 2.64 bits per heavy atom. The number of nitrogens with one attached hydrogen (secondary N) is 2. The van der Waals surface area contributed by atoms with Crippen LogP contribution in [0.1, 0.15) is 30.6 Å². The summed E-state index contributed by atoms with van der Waals surface area (Å²) in [5.41, 5.74) is 1.36. The molecule has 2 fully saturated rings. The molecule has 6 nitrogen and oxygen atoms in total. The van der Waals surface area contributed by atoms with Crippen molar-refractivity contribution in [2.75, 3.05) is 19.6 Å². The lowest BCUT2D eigenvalue weighted by atomic mass is 10.0. The van der Waals surface area contributed by atoms with E-state index in [1.807, 2.05) is 18.2 Å². The van der Waals surface area contributed by atoms with Crippen LogP contribution in [0.5, 0.6) is 0 Å². The number of hydrogen-bond donors (Lipinski definition) is 2. The highest BCUT2D eigenvalue weighted by Gasteiger charge is 2.36. The molecule has 0 bridgehead atoms. The zero-order valence-electron chi connectivity index (χ0n) is 16.1. The van der Waals surface area contributed by atoms with Crippen molar-refractivity contribution >= 4 is 11.8 Å². The molecule has 6 heteroatoms. The summed E-state index contributed by atoms with van der Waals surface area (Å²) in [4.78, 5) is 28.2. The van der Waals surface area contributed by atoms with Crippen molar-refractivity contribution < 1.29 is 18.9 Å². The Labute approximate surface area is 165 Å². The summed E-state index contributed by atoms with van der Waals surface area (Å²) in [6.45, 7) is 4.09. The van der Waals surface area contributed by atoms with Gasteiger partial charge in [0.15, 0.2) is 0 Å². The van der Waals surface area contributed by atoms with Crippen LogP contribution in [-0.4, -0.2) is 42.4 Å². The van der Waals surface area contributed by atoms with Gasteiger partial charge in [-0.15, -0.1) is 0 Å². The van der Waals surface area contributed by atoms with Crippen LogP contribution in [0.4, 0.5) is 0 Å². The molecule has 1 aromatic heterocycles. The molecule has 2 aliphatic rings. The Bertz CT molecular complexity index is 783. The molecular weight excluding hydrogens is 354 g/mol. The van der Waals surface area contributed by atoms with E-state index in [9.17, 15) is 9.59 Å². The highest BCUT2D eigenvalue weighted by atomic mass is 16.3. The standard InChI is InChI=1S/C22H27N3O3/c26-21-13-18(15-25(21)16-20-7-4-12-28-20)22(27)23-19-8-10-24(11-9-19)14-17-5-2-1-3-6-17/h1-7,12,18-19H,8-11,13-16H2,(H,23,27)/p+1/t18-/m1/s1. The minimum atomic E-state index is -0.253. The Kier molecular flexibility index (Phi) is 5.76. The molecule has 2 N–H and O–H groups in total. The predicted molar refractivity (Wildman–Crippen MR) is 104 cm³/mol. The number of hydrogen-bond acceptors (Lipinski definition) is 3. The van der Waals surface area contributed by atoms with Gasteiger partial charge in [-0.25, -0.2) is 0 Å². The highest BCUT2D eigenvalue weighted by Crippen LogP contribution is 2.21. The number of amides is 2. The molecule has 0 unspecified atom stereocenters. The lowest BCUT2D eigenvalue weighted by Crippen LogP contribution is -3.12. The molecule has 2 aromatic rings. The average molecular weight is 382 g/mol. The molecule has 1 atom stereocenters. The molecule has 148 valence electrons. The SMILES string of the molecule is O=C(NC1CC[NH+](Cc2ccccc2)CC1)[C@@H]1CC(=O)N(Cc2ccco2)C1. The van der Waals surface area contributed by atoms with Crippen molar-refractivity contribution in [3.63, 3.8) is 0 Å². The van der Waals surface area contributed by atoms with Gasteiger partial charge >= 0.3 is 0 Å². The normalized spacial score (nSPS) is 25.1. The first-order valence-corrected chi connectivity index (χ1v) is 10.2. The number of benzene rings is 1. The molecule has 3 heterocycles. The maximum atomic E-state index is 12.7. The summed E-state index contributed by atoms with van der Waals surface area (Å²) in [5.74, 6) is 0.547. The van der Waals surface area contributed by atoms with E-state index in [2.05, 4.69) is 29.6 Å². The van der Waals surface area contributed by atoms with Gasteiger partial charge in [0.25, 0.3) is 0 Å². The Balaban J connectivity index is 1.22. The van der Waals surface area contributed by atoms with E-state index in [-0.39, 0.29) is 23.8 Å². The fraction of sp³-hybridized carbons (Fsp3) is 0.455. The molecule has 2 saturated heterocycles. The van der Waals surface area contributed by atoms with E-state index in [1.54, 1.807) is 16.1 Å². The van der Waals surface area contributed by atoms with Gasteiger partial charge in [-0.1, -0.05) is 30.3 Å². The van der Waals surface area contributed by atoms with Crippen molar-refractivity contribution in [1.82, 2.24) is 10.2 Å². The van der Waals surface area contributed by atoms with E-state index >= 15 is 0 Å². The highest BCUT2D eigenvalue weighted by molar-refractivity contribution is 5.89. The van der Waals surface area contributed by atoms with Gasteiger partial charge in [0.05, 0.1) is 31.8 Å². The van der Waals surface area contributed by atoms with Crippen LogP contribution >= 0.6 is 0 Å². The second-order valence-electron chi connectivity index (χ2n) is 7.95. The quantitative estimate of drug-likeness (QED) is 0.783. The third-order valence-corrected chi connectivity index (χ3v) is 5.85. The molecule has 1 aromatic carbocycles. The van der Waals surface area contributed by atoms with Crippen LogP contribution in [0, 0.1) is 5.92 Å². The Morgan fingerprint density at radius 2 is 1.93 bits per heavy atom. The van der Waals surface area contributed by atoms with Gasteiger partial charge in [-0.2, -0.15) is 0 Å². The number of carbonyl (C=O) groups is 2. The lowest BCUT2D eigenvalue weighted by Gasteiger charge is -2.30. The van der Waals surface area contributed by atoms with Gasteiger partial charge in [0, 0.05) is 37.4 Å². The van der Waals surface area contributed by atoms with Crippen LogP contribution in [-0.2, 0) is 22.7 Å². The van der Waals surface area contributed by atoms with Crippen molar-refractivity contribution in [2.45, 2.75) is 38.4 Å². The number of piperidine rings is 1. The topological polar surface area (TPSA) is 67.0 Å². The summed E-state index contributed by atoms with van der Waals surface area (Å²) < 4.78 is 5.32. The van der Waals surface area contributed by atoms with Gasteiger partial charge in [-0.05, 0) is 12.1 Å². The van der Waals surface area contributed by atoms with Crippen LogP contribution in [0.15, 0.2) is 53.1 Å².